The summed E-state index contributed by atoms with van der Waals surface area (Å²) in [6.45, 7) is -1.73. The summed E-state index contributed by atoms with van der Waals surface area (Å²) in [4.78, 5) is 97.9. The molecule has 4 heterocycles. The summed E-state index contributed by atoms with van der Waals surface area (Å²) in [7, 11) is -8.54. The minimum Gasteiger partial charge on any atom is -0.478 e. The number of carbonyl (C=O) groups excluding carboxylic acids is 2. The molecule has 2 amide bonds. The number of amides is 2. The van der Waals surface area contributed by atoms with E-state index in [9.17, 15) is 52.9 Å². The Morgan fingerprint density at radius 2 is 1.69 bits per heavy atom. The van der Waals surface area contributed by atoms with Crippen LogP contribution >= 0.6 is 23.5 Å². The molecule has 0 radical (unpaired) electrons. The number of carboxylic acids is 1. The average molecular weight is 1040 g/mol. The number of aromatic carboxylic acids is 1. The van der Waals surface area contributed by atoms with Gasteiger partial charge < -0.3 is 64.9 Å². The van der Waals surface area contributed by atoms with Crippen LogP contribution in [0.5, 0.6) is 0 Å². The van der Waals surface area contributed by atoms with Gasteiger partial charge in [-0.2, -0.15) is 8.62 Å². The molecule has 1 fully saturated rings. The number of alkyl carbamates (subject to hydrolysis) is 1. The molecule has 0 saturated carbocycles. The van der Waals surface area contributed by atoms with E-state index in [1.54, 1.807) is 12.1 Å². The van der Waals surface area contributed by atoms with E-state index in [0.717, 1.165) is 15.6 Å². The van der Waals surface area contributed by atoms with Gasteiger partial charge >= 0.3 is 41.2 Å². The number of fused-ring (bicyclic) bond motifs is 3. The monoisotopic (exact) mass is 1040 g/mol. The lowest BCUT2D eigenvalue weighted by atomic mass is 9.89. The first kappa shape index (κ1) is 51.5. The van der Waals surface area contributed by atoms with Crippen LogP contribution in [0.25, 0.3) is 44.6 Å². The predicted molar refractivity (Wildman–Crippen MR) is 243 cm³/mol. The van der Waals surface area contributed by atoms with Crippen molar-refractivity contribution in [2.24, 2.45) is 7.05 Å². The number of nitrogens with zero attached hydrogens (tertiary/aromatic N) is 5. The fourth-order valence-corrected chi connectivity index (χ4v) is 10.6. The van der Waals surface area contributed by atoms with Gasteiger partial charge in [0.15, 0.2) is 18.5 Å². The Bertz CT molecular complexity index is 3310. The first-order valence-electron chi connectivity index (χ1n) is 20.4. The number of aliphatic hydroxyl groups excluding tert-OH is 1. The second-order valence-electron chi connectivity index (χ2n) is 15.9. The van der Waals surface area contributed by atoms with E-state index in [4.69, 9.17) is 33.9 Å². The number of aryl methyl sites for hydroxylation is 1. The zero-order valence-electron chi connectivity index (χ0n) is 37.3. The third-order valence-electron chi connectivity index (χ3n) is 10.6. The zero-order valence-corrected chi connectivity index (χ0v) is 40.0. The molecule has 0 bridgehead atoms. The minimum absolute atomic E-state index is 0.0524. The highest BCUT2D eigenvalue weighted by atomic mass is 31.3. The Labute approximate surface area is 393 Å². The lowest BCUT2D eigenvalue weighted by molar-refractivity contribution is -0.745. The molecule has 2 aromatic carbocycles. The van der Waals surface area contributed by atoms with Crippen molar-refractivity contribution in [3.63, 3.8) is 0 Å². The van der Waals surface area contributed by atoms with Crippen molar-refractivity contribution in [1.29, 1.82) is 0 Å². The molecule has 2 aliphatic heterocycles. The summed E-state index contributed by atoms with van der Waals surface area (Å²) in [5.74, 6) is -1.80. The summed E-state index contributed by atoms with van der Waals surface area (Å²) in [5.41, 5.74) is 7.38. The van der Waals surface area contributed by atoms with Gasteiger partial charge in [0.1, 0.15) is 31.5 Å². The number of imidazole rings is 1. The van der Waals surface area contributed by atoms with E-state index >= 15 is 0 Å². The number of ether oxygens (including phenoxy) is 2. The van der Waals surface area contributed by atoms with E-state index in [1.807, 2.05) is 61.9 Å². The molecule has 31 heteroatoms. The number of carbonyl (C=O) groups is 3. The normalized spacial score (nSPS) is 18.9. The molecule has 11 N–H and O–H groups in total. The average Bonchev–Trinajstić information content (AvgIpc) is 3.75. The standard InChI is InChI=1S/C39H44N9O19P3/c1-45(2)20-7-10-23-26(15-20)63-27-16-21(46(3)4)8-11-24(27)29(23)25-14-19(6-9-22(25)37(52)53)34(50)41-12-13-42-39(54)65-32-28(17-62-69(58,59)67-70(60,61)66-68(55,56)57)64-36(31(32)49)48-18-47(5)30-33(48)43-38(40)44-35(30)51/h6-11,14-16,18,28,31-32,36,49H,12-13,17H2,1-5H3,(H8-2,40,41,42,43,44,50,51,52,53,54,55,56,57,58,59,60,61)/p+2/t28-,31-,32-,36-/m1/s1. The van der Waals surface area contributed by atoms with Crippen LogP contribution in [0.2, 0.25) is 0 Å². The van der Waals surface area contributed by atoms with Crippen LogP contribution in [0.15, 0.2) is 70.1 Å². The van der Waals surface area contributed by atoms with Crippen molar-refractivity contribution in [2.75, 3.05) is 58.5 Å². The molecule has 0 spiro atoms. The van der Waals surface area contributed by atoms with Crippen LogP contribution in [0.3, 0.4) is 0 Å². The summed E-state index contributed by atoms with van der Waals surface area (Å²) in [6, 6.07) is 15.0. The number of aromatic nitrogens is 4. The maximum atomic E-state index is 13.6. The van der Waals surface area contributed by atoms with Gasteiger partial charge in [-0.05, 0) is 42.0 Å². The maximum Gasteiger partial charge on any atom is 0.490 e. The van der Waals surface area contributed by atoms with Gasteiger partial charge in [0.05, 0.1) is 25.3 Å². The molecule has 1 aliphatic carbocycles. The number of rotatable bonds is 16. The third kappa shape index (κ3) is 11.3. The number of hydrogen-bond donors (Lipinski definition) is 10. The number of nitrogens with one attached hydrogen (secondary N) is 3. The second-order valence-corrected chi connectivity index (χ2v) is 20.4. The van der Waals surface area contributed by atoms with Crippen molar-refractivity contribution in [2.45, 2.75) is 24.5 Å². The number of carboxylic acid groups (broad SMARTS) is 1. The Hall–Kier alpha value is -6.38. The van der Waals surface area contributed by atoms with Crippen molar-refractivity contribution < 1.29 is 89.5 Å². The van der Waals surface area contributed by atoms with Crippen molar-refractivity contribution in [3.8, 4) is 22.5 Å². The summed E-state index contributed by atoms with van der Waals surface area (Å²) in [5, 5.41) is 28.2. The third-order valence-corrected chi connectivity index (χ3v) is 14.4. The molecule has 3 aliphatic rings. The molecule has 1 saturated heterocycles. The fourth-order valence-electron chi connectivity index (χ4n) is 7.56. The molecular formula is C39H46N9O19P3+2. The van der Waals surface area contributed by atoms with Crippen LogP contribution < -0.4 is 41.3 Å². The van der Waals surface area contributed by atoms with Crippen molar-refractivity contribution >= 4 is 75.2 Å². The van der Waals surface area contributed by atoms with Crippen LogP contribution in [0, 0.1) is 0 Å². The highest BCUT2D eigenvalue weighted by Gasteiger charge is 2.51. The molecule has 2 aromatic heterocycles. The SMILES string of the molecule is CN(C)c1ccc2c(-c3cc(C(=O)NCCNC(=O)O[C@H]4[C@@H](O)[C@H]([n+]5cn(C)c6c(=O)[nH]c(N)nc65)O[C@@H]4COP(=O)(O)OP(=O)(O)OP(=O)(O)O)ccc3C(=O)O)c3ccc(=[N+](C)C)cc-3oc2c1. The number of nitrogens with two attached hydrogens (primary N) is 1. The van der Waals surface area contributed by atoms with Gasteiger partial charge in [0.2, 0.25) is 17.1 Å². The van der Waals surface area contributed by atoms with Crippen LogP contribution in [-0.2, 0) is 43.4 Å². The predicted octanol–water partition coefficient (Wildman–Crippen LogP) is 0.572. The molecule has 6 atom stereocenters. The smallest absolute Gasteiger partial charge is 0.478 e. The van der Waals surface area contributed by atoms with Gasteiger partial charge in [-0.25, -0.2) is 32.4 Å². The van der Waals surface area contributed by atoms with Gasteiger partial charge in [-0.15, -0.1) is 0 Å². The topological polar surface area (TPSA) is 394 Å². The van der Waals surface area contributed by atoms with Crippen LogP contribution in [0.1, 0.15) is 26.9 Å². The number of aliphatic hydroxyl groups is 1. The Kier molecular flexibility index (Phi) is 14.5. The number of phosphoric ester groups is 1. The molecule has 7 rings (SSSR count). The summed E-state index contributed by atoms with van der Waals surface area (Å²) in [6.07, 6.45) is -7.04. The Morgan fingerprint density at radius 3 is 2.36 bits per heavy atom. The number of hydrogen-bond acceptors (Lipinski definition) is 17. The zero-order chi connectivity index (χ0) is 51.2. The van der Waals surface area contributed by atoms with Crippen molar-refractivity contribution in [1.82, 2.24) is 29.7 Å². The lowest BCUT2D eigenvalue weighted by Gasteiger charge is -2.22. The maximum absolute atomic E-state index is 13.6. The van der Waals surface area contributed by atoms with Gasteiger partial charge in [-0.3, -0.25) is 23.7 Å². The quantitative estimate of drug-likeness (QED) is 0.0274. The van der Waals surface area contributed by atoms with E-state index in [0.29, 0.717) is 27.9 Å². The summed E-state index contributed by atoms with van der Waals surface area (Å²) < 4.78 is 69.7. The second kappa shape index (κ2) is 19.8. The molecular weight excluding hydrogens is 991 g/mol. The number of nitrogen functional groups attached to an aromatic ring is 1. The largest absolute Gasteiger partial charge is 0.490 e. The molecule has 374 valence electrons. The van der Waals surface area contributed by atoms with Gasteiger partial charge in [0, 0.05) is 67.1 Å². The number of anilines is 2. The lowest BCUT2D eigenvalue weighted by Crippen LogP contribution is -2.47. The highest BCUT2D eigenvalue weighted by Crippen LogP contribution is 2.66. The molecule has 4 aromatic rings. The Balaban J connectivity index is 1.09. The van der Waals surface area contributed by atoms with Gasteiger partial charge in [-0.1, -0.05) is 4.98 Å². The molecule has 28 nitrogen and oxygen atoms in total. The first-order chi connectivity index (χ1) is 32.7. The van der Waals surface area contributed by atoms with Crippen LogP contribution in [-0.4, -0.2) is 128 Å². The highest BCUT2D eigenvalue weighted by molar-refractivity contribution is 7.66. The fraction of sp³-hybridized carbons (Fsp3) is 0.308. The number of phosphoric acid groups is 3. The van der Waals surface area contributed by atoms with E-state index in [-0.39, 0.29) is 46.9 Å². The number of aromatic amines is 1. The molecule has 2 unspecified atom stereocenters. The van der Waals surface area contributed by atoms with Gasteiger partial charge in [0.25, 0.3) is 17.4 Å². The van der Waals surface area contributed by atoms with Crippen molar-refractivity contribution in [3.05, 3.63) is 87.8 Å². The number of H-pyrrole nitrogens is 1. The van der Waals surface area contributed by atoms with E-state index in [1.165, 1.54) is 36.1 Å². The van der Waals surface area contributed by atoms with E-state index in [2.05, 4.69) is 29.2 Å². The minimum atomic E-state index is -5.94. The molecule has 70 heavy (non-hydrogen) atoms. The summed E-state index contributed by atoms with van der Waals surface area (Å²) >= 11 is 0. The first-order valence-corrected chi connectivity index (χ1v) is 24.9. The Morgan fingerprint density at radius 1 is 0.971 bits per heavy atom. The van der Waals surface area contributed by atoms with E-state index < -0.39 is 78.1 Å². The van der Waals surface area contributed by atoms with Crippen LogP contribution in [0.4, 0.5) is 16.4 Å². The number of benzene rings is 3.